The molecule has 1 aromatic carbocycles. The highest BCUT2D eigenvalue weighted by atomic mass is 16.2. The normalized spacial score (nSPS) is 21.8. The number of carbonyl (C=O) groups is 2. The van der Waals surface area contributed by atoms with Crippen molar-refractivity contribution in [3.63, 3.8) is 0 Å². The number of nitrogens with zero attached hydrogens (tertiary/aromatic N) is 3. The Labute approximate surface area is 204 Å². The minimum Gasteiger partial charge on any atom is -0.351 e. The second-order valence-corrected chi connectivity index (χ2v) is 11.3. The van der Waals surface area contributed by atoms with Crippen LogP contribution in [0.15, 0.2) is 36.4 Å². The Morgan fingerprint density at radius 3 is 2.44 bits per heavy atom. The molecule has 6 heteroatoms. The molecule has 0 unspecified atom stereocenters. The van der Waals surface area contributed by atoms with Gasteiger partial charge in [-0.3, -0.25) is 14.3 Å². The molecule has 1 saturated carbocycles. The molecule has 184 valence electrons. The van der Waals surface area contributed by atoms with Crippen molar-refractivity contribution in [3.05, 3.63) is 53.3 Å². The van der Waals surface area contributed by atoms with Crippen LogP contribution in [0.2, 0.25) is 0 Å². The molecule has 4 rings (SSSR count). The summed E-state index contributed by atoms with van der Waals surface area (Å²) in [4.78, 5) is 29.3. The summed E-state index contributed by atoms with van der Waals surface area (Å²) in [5.74, 6) is -0.147. The van der Waals surface area contributed by atoms with Crippen molar-refractivity contribution in [2.75, 3.05) is 6.54 Å². The van der Waals surface area contributed by atoms with Gasteiger partial charge in [-0.2, -0.15) is 5.10 Å². The summed E-state index contributed by atoms with van der Waals surface area (Å²) in [6.07, 6.45) is 8.49. The van der Waals surface area contributed by atoms with Crippen LogP contribution in [0.5, 0.6) is 0 Å². The summed E-state index contributed by atoms with van der Waals surface area (Å²) in [7, 11) is 0. The first-order valence-electron chi connectivity index (χ1n) is 12.9. The predicted molar refractivity (Wildman–Crippen MR) is 135 cm³/mol. The SMILES string of the molecule is CC(C)(C)c1cc2n(n1)C[C@@](C)(C(=O)NC1CCCCCC1)N(CCCc1ccccc1)C2=O. The average molecular weight is 465 g/mol. The Morgan fingerprint density at radius 2 is 1.79 bits per heavy atom. The maximum absolute atomic E-state index is 13.8. The molecule has 1 aliphatic carbocycles. The van der Waals surface area contributed by atoms with Gasteiger partial charge in [0, 0.05) is 18.0 Å². The lowest BCUT2D eigenvalue weighted by atomic mass is 9.91. The summed E-state index contributed by atoms with van der Waals surface area (Å²) in [6, 6.07) is 12.4. The molecule has 2 heterocycles. The van der Waals surface area contributed by atoms with Gasteiger partial charge in [0.1, 0.15) is 11.2 Å². The maximum Gasteiger partial charge on any atom is 0.273 e. The van der Waals surface area contributed by atoms with Crippen molar-refractivity contribution in [3.8, 4) is 0 Å². The number of hydrogen-bond donors (Lipinski definition) is 1. The molecule has 0 spiro atoms. The lowest BCUT2D eigenvalue weighted by Gasteiger charge is -2.44. The van der Waals surface area contributed by atoms with Gasteiger partial charge in [-0.15, -0.1) is 0 Å². The third-order valence-corrected chi connectivity index (χ3v) is 7.44. The standard InChI is InChI=1S/C28H40N4O2/c1-27(2,3)24-19-23-25(33)31(18-12-15-21-13-8-7-9-14-21)28(4,20-32(23)30-24)26(34)29-22-16-10-5-6-11-17-22/h7-9,13-14,19,22H,5-6,10-12,15-18,20H2,1-4H3,(H,29,34)/t28-/m0/s1. The second-order valence-electron chi connectivity index (χ2n) is 11.3. The van der Waals surface area contributed by atoms with E-state index in [1.165, 1.54) is 18.4 Å². The topological polar surface area (TPSA) is 67.2 Å². The van der Waals surface area contributed by atoms with Gasteiger partial charge in [0.05, 0.1) is 12.2 Å². The fraction of sp³-hybridized carbons (Fsp3) is 0.607. The summed E-state index contributed by atoms with van der Waals surface area (Å²) in [5, 5.41) is 8.09. The molecule has 34 heavy (non-hydrogen) atoms. The van der Waals surface area contributed by atoms with E-state index >= 15 is 0 Å². The number of nitrogens with one attached hydrogen (secondary N) is 1. The van der Waals surface area contributed by atoms with E-state index in [0.717, 1.165) is 44.2 Å². The molecule has 0 bridgehead atoms. The molecule has 1 atom stereocenters. The third-order valence-electron chi connectivity index (χ3n) is 7.44. The van der Waals surface area contributed by atoms with Crippen molar-refractivity contribution >= 4 is 11.8 Å². The molecule has 1 fully saturated rings. The van der Waals surface area contributed by atoms with Gasteiger partial charge in [-0.1, -0.05) is 76.8 Å². The molecular weight excluding hydrogens is 424 g/mol. The minimum atomic E-state index is -0.964. The largest absolute Gasteiger partial charge is 0.351 e. The first-order chi connectivity index (χ1) is 16.2. The highest BCUT2D eigenvalue weighted by Gasteiger charge is 2.48. The number of carbonyl (C=O) groups excluding carboxylic acids is 2. The molecule has 0 saturated heterocycles. The first-order valence-corrected chi connectivity index (χ1v) is 12.9. The zero-order chi connectivity index (χ0) is 24.3. The van der Waals surface area contributed by atoms with E-state index in [0.29, 0.717) is 18.8 Å². The van der Waals surface area contributed by atoms with Crippen LogP contribution in [0.3, 0.4) is 0 Å². The van der Waals surface area contributed by atoms with Gasteiger partial charge >= 0.3 is 0 Å². The molecule has 1 N–H and O–H groups in total. The van der Waals surface area contributed by atoms with Gasteiger partial charge in [0.25, 0.3) is 5.91 Å². The van der Waals surface area contributed by atoms with Gasteiger partial charge in [-0.05, 0) is 44.2 Å². The Kier molecular flexibility index (Phi) is 7.15. The van der Waals surface area contributed by atoms with Gasteiger partial charge in [-0.25, -0.2) is 0 Å². The van der Waals surface area contributed by atoms with Crippen molar-refractivity contribution in [2.24, 2.45) is 0 Å². The van der Waals surface area contributed by atoms with Crippen LogP contribution >= 0.6 is 0 Å². The number of aromatic nitrogens is 2. The van der Waals surface area contributed by atoms with Crippen LogP contribution in [-0.2, 0) is 23.2 Å². The van der Waals surface area contributed by atoms with Crippen LogP contribution < -0.4 is 5.32 Å². The van der Waals surface area contributed by atoms with E-state index in [2.05, 4.69) is 38.2 Å². The Morgan fingerprint density at radius 1 is 1.12 bits per heavy atom. The van der Waals surface area contributed by atoms with Crippen molar-refractivity contribution in [2.45, 2.75) is 103 Å². The lowest BCUT2D eigenvalue weighted by molar-refractivity contribution is -0.134. The zero-order valence-corrected chi connectivity index (χ0v) is 21.3. The van der Waals surface area contributed by atoms with E-state index in [1.807, 2.05) is 36.1 Å². The van der Waals surface area contributed by atoms with Crippen LogP contribution in [-0.4, -0.2) is 44.6 Å². The van der Waals surface area contributed by atoms with Gasteiger partial charge in [0.2, 0.25) is 5.91 Å². The van der Waals surface area contributed by atoms with Crippen LogP contribution in [0.25, 0.3) is 0 Å². The van der Waals surface area contributed by atoms with Crippen molar-refractivity contribution in [1.29, 1.82) is 0 Å². The second kappa shape index (κ2) is 9.93. The van der Waals surface area contributed by atoms with Crippen molar-refractivity contribution in [1.82, 2.24) is 20.0 Å². The molecule has 2 aliphatic rings. The number of aryl methyl sites for hydroxylation is 1. The van der Waals surface area contributed by atoms with E-state index in [4.69, 9.17) is 5.10 Å². The van der Waals surface area contributed by atoms with Gasteiger partial charge in [0.15, 0.2) is 0 Å². The Balaban J connectivity index is 1.59. The Hall–Kier alpha value is -2.63. The number of amides is 2. The fourth-order valence-electron chi connectivity index (χ4n) is 5.21. The molecular formula is C28H40N4O2. The van der Waals surface area contributed by atoms with Crippen LogP contribution in [0.4, 0.5) is 0 Å². The number of fused-ring (bicyclic) bond motifs is 1. The molecule has 1 aliphatic heterocycles. The number of rotatable bonds is 6. The monoisotopic (exact) mass is 464 g/mol. The van der Waals surface area contributed by atoms with Crippen LogP contribution in [0.1, 0.15) is 94.4 Å². The smallest absolute Gasteiger partial charge is 0.273 e. The number of benzene rings is 1. The fourth-order valence-corrected chi connectivity index (χ4v) is 5.21. The van der Waals surface area contributed by atoms with Gasteiger partial charge < -0.3 is 10.2 Å². The average Bonchev–Trinajstić information content (AvgIpc) is 3.07. The van der Waals surface area contributed by atoms with Crippen LogP contribution in [0, 0.1) is 0 Å². The predicted octanol–water partition coefficient (Wildman–Crippen LogP) is 4.87. The molecule has 6 nitrogen and oxygen atoms in total. The number of hydrogen-bond acceptors (Lipinski definition) is 3. The quantitative estimate of drug-likeness (QED) is 0.621. The molecule has 1 aromatic heterocycles. The van der Waals surface area contributed by atoms with E-state index in [1.54, 1.807) is 4.68 Å². The van der Waals surface area contributed by atoms with E-state index < -0.39 is 5.54 Å². The summed E-state index contributed by atoms with van der Waals surface area (Å²) in [6.45, 7) is 9.14. The molecule has 2 amide bonds. The molecule has 0 radical (unpaired) electrons. The zero-order valence-electron chi connectivity index (χ0n) is 21.3. The first kappa shape index (κ1) is 24.5. The lowest BCUT2D eigenvalue weighted by Crippen LogP contribution is -2.65. The summed E-state index contributed by atoms with van der Waals surface area (Å²) >= 11 is 0. The third kappa shape index (κ3) is 5.21. The highest BCUT2D eigenvalue weighted by Crippen LogP contribution is 2.31. The Bertz CT molecular complexity index is 999. The minimum absolute atomic E-state index is 0.0501. The van der Waals surface area contributed by atoms with Crippen molar-refractivity contribution < 1.29 is 9.59 Å². The summed E-state index contributed by atoms with van der Waals surface area (Å²) < 4.78 is 1.77. The van der Waals surface area contributed by atoms with E-state index in [-0.39, 0.29) is 23.3 Å². The molecule has 2 aromatic rings. The van der Waals surface area contributed by atoms with E-state index in [9.17, 15) is 9.59 Å². The summed E-state index contributed by atoms with van der Waals surface area (Å²) in [5.41, 5.74) is 1.59. The highest BCUT2D eigenvalue weighted by molar-refractivity contribution is 5.99. The maximum atomic E-state index is 13.8.